The molecule has 3 aromatic rings. The van der Waals surface area contributed by atoms with E-state index >= 15 is 0 Å². The van der Waals surface area contributed by atoms with Gasteiger partial charge in [-0.3, -0.25) is 4.79 Å². The molecule has 0 atom stereocenters. The van der Waals surface area contributed by atoms with Gasteiger partial charge in [0.15, 0.2) is 0 Å². The minimum Gasteiger partial charge on any atom is -0.316 e. The van der Waals surface area contributed by atoms with Crippen LogP contribution in [0, 0.1) is 20.8 Å². The van der Waals surface area contributed by atoms with Gasteiger partial charge in [-0.15, -0.1) is 0 Å². The number of aryl methyl sites for hydroxylation is 4. The van der Waals surface area contributed by atoms with E-state index in [9.17, 15) is 4.79 Å². The molecule has 0 spiro atoms. The molecule has 0 saturated carbocycles. The van der Waals surface area contributed by atoms with Crippen molar-refractivity contribution in [3.8, 4) is 5.69 Å². The molecule has 0 aliphatic heterocycles. The van der Waals surface area contributed by atoms with E-state index < -0.39 is 0 Å². The van der Waals surface area contributed by atoms with Crippen LogP contribution in [-0.4, -0.2) is 20.1 Å². The number of hydrogen-bond donors (Lipinski definition) is 1. The molecule has 5 nitrogen and oxygen atoms in total. The molecule has 0 saturated heterocycles. The Morgan fingerprint density at radius 1 is 1.12 bits per heavy atom. The first kappa shape index (κ1) is 16.4. The summed E-state index contributed by atoms with van der Waals surface area (Å²) in [6, 6.07) is 12.1. The molecule has 0 aliphatic carbocycles. The molecular weight excluding hydrogens is 320 g/mol. The highest BCUT2D eigenvalue weighted by Gasteiger charge is 2.07. The molecule has 1 amide bonds. The molecule has 3 rings (SSSR count). The van der Waals surface area contributed by atoms with Crippen LogP contribution in [0.5, 0.6) is 0 Å². The number of nitrogens with zero attached hydrogens (tertiary/aromatic N) is 3. The number of hydrogen-bond acceptors (Lipinski definition) is 4. The van der Waals surface area contributed by atoms with Crippen LogP contribution in [0.1, 0.15) is 29.1 Å². The van der Waals surface area contributed by atoms with Gasteiger partial charge in [-0.1, -0.05) is 12.1 Å². The normalized spacial score (nSPS) is 10.8. The molecule has 6 heteroatoms. The lowest BCUT2D eigenvalue weighted by atomic mass is 10.1. The Morgan fingerprint density at radius 2 is 1.88 bits per heavy atom. The highest BCUT2D eigenvalue weighted by atomic mass is 32.1. The smallest absolute Gasteiger partial charge is 0.225 e. The van der Waals surface area contributed by atoms with Gasteiger partial charge in [-0.2, -0.15) is 9.47 Å². The van der Waals surface area contributed by atoms with E-state index in [-0.39, 0.29) is 5.91 Å². The van der Waals surface area contributed by atoms with Crippen molar-refractivity contribution in [2.45, 2.75) is 33.6 Å². The maximum Gasteiger partial charge on any atom is 0.225 e. The van der Waals surface area contributed by atoms with Crippen LogP contribution in [0.4, 0.5) is 5.00 Å². The van der Waals surface area contributed by atoms with Crippen molar-refractivity contribution < 1.29 is 4.79 Å². The van der Waals surface area contributed by atoms with Crippen molar-refractivity contribution in [3.05, 3.63) is 59.0 Å². The highest BCUT2D eigenvalue weighted by molar-refractivity contribution is 7.10. The fourth-order valence-corrected chi connectivity index (χ4v) is 3.25. The summed E-state index contributed by atoms with van der Waals surface area (Å²) < 4.78 is 6.08. The summed E-state index contributed by atoms with van der Waals surface area (Å²) in [6.07, 6.45) is 1.16. The van der Waals surface area contributed by atoms with Crippen molar-refractivity contribution in [3.63, 3.8) is 0 Å². The van der Waals surface area contributed by atoms with E-state index in [1.807, 2.05) is 43.7 Å². The topological polar surface area (TPSA) is 59.8 Å². The minimum atomic E-state index is 0.0151. The Balaban J connectivity index is 1.58. The summed E-state index contributed by atoms with van der Waals surface area (Å²) in [7, 11) is 0. The number of anilines is 1. The maximum atomic E-state index is 12.0. The fourth-order valence-electron chi connectivity index (χ4n) is 2.57. The molecule has 0 radical (unpaired) electrons. The molecule has 124 valence electrons. The monoisotopic (exact) mass is 340 g/mol. The largest absolute Gasteiger partial charge is 0.316 e. The van der Waals surface area contributed by atoms with Crippen LogP contribution in [0.3, 0.4) is 0 Å². The first-order valence-electron chi connectivity index (χ1n) is 7.87. The van der Waals surface area contributed by atoms with E-state index in [4.69, 9.17) is 0 Å². The molecule has 0 aliphatic rings. The SMILES string of the molecule is Cc1cc(NC(=O)CCc2ccc(-n3nc(C)cc3C)cc2)sn1. The summed E-state index contributed by atoms with van der Waals surface area (Å²) in [4.78, 5) is 12.0. The van der Waals surface area contributed by atoms with Gasteiger partial charge in [0.05, 0.1) is 17.1 Å². The lowest BCUT2D eigenvalue weighted by Gasteiger charge is -2.06. The number of aromatic nitrogens is 3. The average molecular weight is 340 g/mol. The van der Waals surface area contributed by atoms with Gasteiger partial charge in [0, 0.05) is 12.1 Å². The summed E-state index contributed by atoms with van der Waals surface area (Å²) in [5.41, 5.74) is 5.21. The van der Waals surface area contributed by atoms with Crippen molar-refractivity contribution >= 4 is 22.4 Å². The molecule has 1 N–H and O–H groups in total. The molecule has 2 aromatic heterocycles. The molecule has 24 heavy (non-hydrogen) atoms. The summed E-state index contributed by atoms with van der Waals surface area (Å²) >= 11 is 1.31. The van der Waals surface area contributed by atoms with Gasteiger partial charge in [0.25, 0.3) is 0 Å². The number of carbonyl (C=O) groups is 1. The molecule has 1 aromatic carbocycles. The molecular formula is C18H20N4OS. The van der Waals surface area contributed by atoms with Gasteiger partial charge in [0.2, 0.25) is 5.91 Å². The molecule has 0 fully saturated rings. The van der Waals surface area contributed by atoms with E-state index in [1.165, 1.54) is 11.5 Å². The summed E-state index contributed by atoms with van der Waals surface area (Å²) in [6.45, 7) is 5.94. The van der Waals surface area contributed by atoms with Gasteiger partial charge < -0.3 is 5.32 Å². The second kappa shape index (κ2) is 6.97. The lowest BCUT2D eigenvalue weighted by Crippen LogP contribution is -2.11. The van der Waals surface area contributed by atoms with Gasteiger partial charge in [0.1, 0.15) is 5.00 Å². The van der Waals surface area contributed by atoms with E-state index in [0.29, 0.717) is 12.8 Å². The van der Waals surface area contributed by atoms with Crippen LogP contribution in [0.25, 0.3) is 5.69 Å². The molecule has 0 bridgehead atoms. The van der Waals surface area contributed by atoms with Crippen molar-refractivity contribution in [2.24, 2.45) is 0 Å². The van der Waals surface area contributed by atoms with Crippen LogP contribution in [-0.2, 0) is 11.2 Å². The van der Waals surface area contributed by atoms with Crippen molar-refractivity contribution in [1.29, 1.82) is 0 Å². The minimum absolute atomic E-state index is 0.0151. The predicted octanol–water partition coefficient (Wildman–Crippen LogP) is 3.83. The molecule has 2 heterocycles. The Bertz CT molecular complexity index is 848. The third kappa shape index (κ3) is 3.89. The van der Waals surface area contributed by atoms with Crippen molar-refractivity contribution in [1.82, 2.24) is 14.2 Å². The zero-order valence-corrected chi connectivity index (χ0v) is 14.9. The number of benzene rings is 1. The third-order valence-corrected chi connectivity index (χ3v) is 4.52. The lowest BCUT2D eigenvalue weighted by molar-refractivity contribution is -0.116. The van der Waals surface area contributed by atoms with Crippen molar-refractivity contribution in [2.75, 3.05) is 5.32 Å². The fraction of sp³-hybridized carbons (Fsp3) is 0.278. The van der Waals surface area contributed by atoms with Crippen LogP contribution in [0.15, 0.2) is 36.4 Å². The number of amides is 1. The standard InChI is InChI=1S/C18H20N4OS/c1-12-10-14(3)22(20-12)16-7-4-15(5-8-16)6-9-17(23)19-18-11-13(2)21-24-18/h4-5,7-8,10-11H,6,9H2,1-3H3,(H,19,23). The Morgan fingerprint density at radius 3 is 2.46 bits per heavy atom. The first-order valence-corrected chi connectivity index (χ1v) is 8.64. The number of rotatable bonds is 5. The second-order valence-corrected chi connectivity index (χ2v) is 6.69. The van der Waals surface area contributed by atoms with Crippen LogP contribution >= 0.6 is 11.5 Å². The second-order valence-electron chi connectivity index (χ2n) is 5.89. The third-order valence-electron chi connectivity index (χ3n) is 3.72. The Kier molecular flexibility index (Phi) is 4.76. The molecule has 0 unspecified atom stereocenters. The zero-order chi connectivity index (χ0) is 17.1. The van der Waals surface area contributed by atoms with E-state index in [2.05, 4.69) is 33.0 Å². The van der Waals surface area contributed by atoms with Gasteiger partial charge >= 0.3 is 0 Å². The maximum absolute atomic E-state index is 12.0. The average Bonchev–Trinajstić information content (AvgIpc) is 3.10. The van der Waals surface area contributed by atoms with Gasteiger partial charge in [-0.25, -0.2) is 4.68 Å². The van der Waals surface area contributed by atoms with E-state index in [0.717, 1.165) is 33.3 Å². The highest BCUT2D eigenvalue weighted by Crippen LogP contribution is 2.17. The van der Waals surface area contributed by atoms with Crippen LogP contribution in [0.2, 0.25) is 0 Å². The van der Waals surface area contributed by atoms with E-state index in [1.54, 1.807) is 0 Å². The quantitative estimate of drug-likeness (QED) is 0.768. The first-order chi connectivity index (χ1) is 11.5. The predicted molar refractivity (Wildman–Crippen MR) is 96.8 cm³/mol. The van der Waals surface area contributed by atoms with Crippen LogP contribution < -0.4 is 5.32 Å². The van der Waals surface area contributed by atoms with Gasteiger partial charge in [-0.05, 0) is 68.6 Å². The Hall–Kier alpha value is -2.47. The Labute approximate surface area is 145 Å². The number of nitrogens with one attached hydrogen (secondary N) is 1. The zero-order valence-electron chi connectivity index (χ0n) is 14.0. The summed E-state index contributed by atoms with van der Waals surface area (Å²) in [5, 5.41) is 8.17. The summed E-state index contributed by atoms with van der Waals surface area (Å²) in [5.74, 6) is 0.0151. The number of carbonyl (C=O) groups excluding carboxylic acids is 1.